The first-order chi connectivity index (χ1) is 5.35. The van der Waals surface area contributed by atoms with E-state index in [1.165, 1.54) is 39.0 Å². The van der Waals surface area contributed by atoms with Crippen molar-refractivity contribution < 1.29 is 0 Å². The monoisotopic (exact) mass is 155 g/mol. The first-order valence-electron chi connectivity index (χ1n) is 4.48. The topological polar surface area (TPSA) is 41.3 Å². The second-order valence-electron chi connectivity index (χ2n) is 3.92. The second kappa shape index (κ2) is 2.73. The van der Waals surface area contributed by atoms with Crippen LogP contribution in [-0.4, -0.2) is 37.7 Å². The summed E-state index contributed by atoms with van der Waals surface area (Å²) in [5, 5.41) is 3.39. The second-order valence-corrected chi connectivity index (χ2v) is 3.92. The van der Waals surface area contributed by atoms with Gasteiger partial charge in [0.05, 0.1) is 0 Å². The van der Waals surface area contributed by atoms with Gasteiger partial charge >= 0.3 is 0 Å². The number of rotatable bonds is 1. The number of piperidine rings is 1. The molecule has 0 aromatic carbocycles. The van der Waals surface area contributed by atoms with E-state index in [0.717, 1.165) is 6.67 Å². The third-order valence-electron chi connectivity index (χ3n) is 3.04. The van der Waals surface area contributed by atoms with E-state index in [4.69, 9.17) is 5.73 Å². The summed E-state index contributed by atoms with van der Waals surface area (Å²) < 4.78 is 0. The van der Waals surface area contributed by atoms with Crippen molar-refractivity contribution in [2.24, 2.45) is 11.1 Å². The van der Waals surface area contributed by atoms with Gasteiger partial charge in [0.2, 0.25) is 0 Å². The molecule has 0 atom stereocenters. The zero-order valence-electron chi connectivity index (χ0n) is 6.97. The smallest absolute Gasteiger partial charge is 0.0455 e. The molecule has 2 aliphatic heterocycles. The maximum atomic E-state index is 5.53. The van der Waals surface area contributed by atoms with Crippen LogP contribution >= 0.6 is 0 Å². The fourth-order valence-electron chi connectivity index (χ4n) is 2.30. The minimum Gasteiger partial charge on any atom is -0.318 e. The summed E-state index contributed by atoms with van der Waals surface area (Å²) in [4.78, 5) is 2.32. The Labute approximate surface area is 67.9 Å². The molecule has 0 radical (unpaired) electrons. The largest absolute Gasteiger partial charge is 0.318 e. The first-order valence-corrected chi connectivity index (χ1v) is 4.48. The van der Waals surface area contributed by atoms with Gasteiger partial charge in [0.1, 0.15) is 0 Å². The van der Waals surface area contributed by atoms with E-state index < -0.39 is 0 Å². The van der Waals surface area contributed by atoms with Crippen LogP contribution in [0.3, 0.4) is 0 Å². The van der Waals surface area contributed by atoms with Crippen molar-refractivity contribution >= 4 is 0 Å². The van der Waals surface area contributed by atoms with Gasteiger partial charge in [0.25, 0.3) is 0 Å². The normalized spacial score (nSPS) is 30.3. The van der Waals surface area contributed by atoms with Crippen molar-refractivity contribution in [2.45, 2.75) is 12.8 Å². The van der Waals surface area contributed by atoms with Gasteiger partial charge < -0.3 is 11.1 Å². The van der Waals surface area contributed by atoms with Gasteiger partial charge in [0, 0.05) is 19.8 Å². The quantitative estimate of drug-likeness (QED) is 0.541. The molecule has 3 heteroatoms. The minimum atomic E-state index is 0.657. The molecule has 0 saturated carbocycles. The molecule has 2 saturated heterocycles. The van der Waals surface area contributed by atoms with Crippen LogP contribution in [0.2, 0.25) is 0 Å². The highest BCUT2D eigenvalue weighted by atomic mass is 15.2. The highest BCUT2D eigenvalue weighted by Crippen LogP contribution is 2.37. The first kappa shape index (κ1) is 7.53. The molecule has 11 heavy (non-hydrogen) atoms. The minimum absolute atomic E-state index is 0.657. The van der Waals surface area contributed by atoms with Gasteiger partial charge in [-0.2, -0.15) is 0 Å². The highest BCUT2D eigenvalue weighted by molar-refractivity contribution is 4.96. The molecule has 2 aliphatic rings. The fraction of sp³-hybridized carbons (Fsp3) is 1.00. The summed E-state index contributed by atoms with van der Waals surface area (Å²) in [6.07, 6.45) is 2.70. The molecule has 64 valence electrons. The summed E-state index contributed by atoms with van der Waals surface area (Å²) >= 11 is 0. The molecular formula is C8H17N3. The number of nitrogens with two attached hydrogens (primary N) is 1. The number of likely N-dealkylation sites (tertiary alicyclic amines) is 1. The summed E-state index contributed by atoms with van der Waals surface area (Å²) in [5.41, 5.74) is 6.19. The Morgan fingerprint density at radius 1 is 1.27 bits per heavy atom. The van der Waals surface area contributed by atoms with Crippen LogP contribution < -0.4 is 11.1 Å². The molecule has 2 heterocycles. The Bertz CT molecular complexity index is 132. The van der Waals surface area contributed by atoms with Crippen LogP contribution in [0.4, 0.5) is 0 Å². The number of nitrogens with zero attached hydrogens (tertiary/aromatic N) is 1. The number of hydrogen-bond acceptors (Lipinski definition) is 3. The third kappa shape index (κ3) is 1.28. The number of nitrogens with one attached hydrogen (secondary N) is 1. The van der Waals surface area contributed by atoms with E-state index in [0.29, 0.717) is 5.41 Å². The van der Waals surface area contributed by atoms with Crippen molar-refractivity contribution in [1.29, 1.82) is 0 Å². The lowest BCUT2D eigenvalue weighted by atomic mass is 9.73. The summed E-state index contributed by atoms with van der Waals surface area (Å²) in [7, 11) is 0. The Morgan fingerprint density at radius 3 is 2.45 bits per heavy atom. The fourth-order valence-corrected chi connectivity index (χ4v) is 2.30. The van der Waals surface area contributed by atoms with Gasteiger partial charge in [-0.25, -0.2) is 0 Å². The Balaban J connectivity index is 1.84. The van der Waals surface area contributed by atoms with Gasteiger partial charge in [-0.1, -0.05) is 0 Å². The summed E-state index contributed by atoms with van der Waals surface area (Å²) in [5.74, 6) is 0. The lowest BCUT2D eigenvalue weighted by Crippen LogP contribution is -2.60. The maximum Gasteiger partial charge on any atom is 0.0455 e. The zero-order chi connectivity index (χ0) is 7.73. The van der Waals surface area contributed by atoms with Crippen molar-refractivity contribution in [3.8, 4) is 0 Å². The molecule has 2 fully saturated rings. The van der Waals surface area contributed by atoms with E-state index in [1.807, 2.05) is 0 Å². The molecule has 0 aliphatic carbocycles. The van der Waals surface area contributed by atoms with Crippen molar-refractivity contribution in [3.63, 3.8) is 0 Å². The lowest BCUT2D eigenvalue weighted by molar-refractivity contribution is -0.0207. The van der Waals surface area contributed by atoms with Gasteiger partial charge in [-0.15, -0.1) is 0 Å². The van der Waals surface area contributed by atoms with Gasteiger partial charge in [-0.3, -0.25) is 4.90 Å². The molecule has 3 N–H and O–H groups in total. The summed E-state index contributed by atoms with van der Waals surface area (Å²) in [6, 6.07) is 0. The van der Waals surface area contributed by atoms with Crippen LogP contribution in [0.25, 0.3) is 0 Å². The van der Waals surface area contributed by atoms with Crippen LogP contribution in [-0.2, 0) is 0 Å². The summed E-state index contributed by atoms with van der Waals surface area (Å²) in [6.45, 7) is 5.64. The van der Waals surface area contributed by atoms with Crippen LogP contribution in [0.15, 0.2) is 0 Å². The molecule has 0 unspecified atom stereocenters. The van der Waals surface area contributed by atoms with Crippen molar-refractivity contribution in [3.05, 3.63) is 0 Å². The van der Waals surface area contributed by atoms with Gasteiger partial charge in [-0.05, 0) is 31.3 Å². The molecule has 0 amide bonds. The van der Waals surface area contributed by atoms with Crippen molar-refractivity contribution in [2.75, 3.05) is 32.8 Å². The van der Waals surface area contributed by atoms with Crippen LogP contribution in [0.5, 0.6) is 0 Å². The average Bonchev–Trinajstić information content (AvgIpc) is 2.01. The molecule has 0 aromatic heterocycles. The molecule has 3 nitrogen and oxygen atoms in total. The van der Waals surface area contributed by atoms with E-state index in [1.54, 1.807) is 0 Å². The molecular weight excluding hydrogens is 138 g/mol. The van der Waals surface area contributed by atoms with Crippen LogP contribution in [0, 0.1) is 5.41 Å². The maximum absolute atomic E-state index is 5.53. The standard InChI is InChI=1S/C8H17N3/c9-7-11-5-8(6-11)1-3-10-4-2-8/h10H,1-7,9H2. The molecule has 0 aromatic rings. The third-order valence-corrected chi connectivity index (χ3v) is 3.04. The molecule has 2 rings (SSSR count). The lowest BCUT2D eigenvalue weighted by Gasteiger charge is -2.52. The molecule has 0 bridgehead atoms. The zero-order valence-corrected chi connectivity index (χ0v) is 6.97. The van der Waals surface area contributed by atoms with Gasteiger partial charge in [0.15, 0.2) is 0 Å². The Hall–Kier alpha value is -0.120. The average molecular weight is 155 g/mol. The number of hydrogen-bond donors (Lipinski definition) is 2. The predicted octanol–water partition coefficient (Wildman–Crippen LogP) is -0.412. The van der Waals surface area contributed by atoms with Crippen molar-refractivity contribution in [1.82, 2.24) is 10.2 Å². The SMILES string of the molecule is NCN1CC2(CCNCC2)C1. The van der Waals surface area contributed by atoms with E-state index in [9.17, 15) is 0 Å². The predicted molar refractivity (Wildman–Crippen MR) is 45.2 cm³/mol. The van der Waals surface area contributed by atoms with E-state index in [2.05, 4.69) is 10.2 Å². The Kier molecular flexibility index (Phi) is 1.87. The Morgan fingerprint density at radius 2 is 1.91 bits per heavy atom. The van der Waals surface area contributed by atoms with Crippen LogP contribution in [0.1, 0.15) is 12.8 Å². The van der Waals surface area contributed by atoms with E-state index in [-0.39, 0.29) is 0 Å². The highest BCUT2D eigenvalue weighted by Gasteiger charge is 2.42. The molecule has 1 spiro atoms. The van der Waals surface area contributed by atoms with E-state index >= 15 is 0 Å².